The summed E-state index contributed by atoms with van der Waals surface area (Å²) in [5.74, 6) is 0.317. The molecule has 1 N–H and O–H groups in total. The van der Waals surface area contributed by atoms with Crippen molar-refractivity contribution in [3.8, 4) is 11.3 Å². The highest BCUT2D eigenvalue weighted by Gasteiger charge is 2.53. The topological polar surface area (TPSA) is 95.6 Å². The number of quaternary nitrogens is 1. The number of carboxylic acids is 1. The molecular formula is C26H24Cl2N2O5. The van der Waals surface area contributed by atoms with Crippen LogP contribution in [0.5, 0.6) is 0 Å². The van der Waals surface area contributed by atoms with Gasteiger partial charge in [-0.2, -0.15) is 0 Å². The number of hydrogen-bond donors (Lipinski definition) is 1. The molecule has 3 fully saturated rings. The number of rotatable bonds is 7. The highest BCUT2D eigenvalue weighted by molar-refractivity contribution is 6.39. The lowest BCUT2D eigenvalue weighted by molar-refractivity contribution is -0.00310. The third-order valence-electron chi connectivity index (χ3n) is 7.66. The Kier molecular flexibility index (Phi) is 5.66. The van der Waals surface area contributed by atoms with Gasteiger partial charge >= 0.3 is 5.97 Å². The Hall–Kier alpha value is -2.42. The van der Waals surface area contributed by atoms with Crippen LogP contribution in [0.2, 0.25) is 10.0 Å². The van der Waals surface area contributed by atoms with E-state index >= 15 is 0 Å². The number of hydroxylamine groups is 2. The standard InChI is InChI=1S/C26H24Cl2N2O5/c27-20-2-1-3-21(28)23(20)24-19(25(35-29-24)14-4-5-14)13-34-22-11-18-10-16(22)12-30(18,33)17-8-6-15(7-9-17)26(31)32/h1-3,6-9,14,16,18,22H,4-5,10-13H2,(H,31,32)/t16-,18-,22+,30?/m0/s1. The number of aromatic carboxylic acids is 1. The number of carboxylic acid groups (broad SMARTS) is 1. The van der Waals surface area contributed by atoms with E-state index in [-0.39, 0.29) is 23.6 Å². The maximum atomic E-state index is 13.7. The molecule has 1 aromatic heterocycles. The highest BCUT2D eigenvalue weighted by atomic mass is 35.5. The molecule has 4 atom stereocenters. The quantitative estimate of drug-likeness (QED) is 0.289. The second-order valence-electron chi connectivity index (χ2n) is 9.81. The van der Waals surface area contributed by atoms with Gasteiger partial charge in [-0.05, 0) is 37.1 Å². The average Bonchev–Trinajstić information content (AvgIpc) is 3.35. The first-order valence-electron chi connectivity index (χ1n) is 11.8. The number of benzene rings is 2. The summed E-state index contributed by atoms with van der Waals surface area (Å²) in [5.41, 5.74) is 2.95. The van der Waals surface area contributed by atoms with E-state index in [1.807, 2.05) is 0 Å². The van der Waals surface area contributed by atoms with Crippen molar-refractivity contribution < 1.29 is 19.2 Å². The first-order valence-corrected chi connectivity index (χ1v) is 12.6. The fraction of sp³-hybridized carbons (Fsp3) is 0.385. The molecule has 0 amide bonds. The maximum Gasteiger partial charge on any atom is 0.335 e. The van der Waals surface area contributed by atoms with Gasteiger partial charge in [0.05, 0.1) is 40.9 Å². The van der Waals surface area contributed by atoms with Crippen LogP contribution in [0.4, 0.5) is 5.69 Å². The summed E-state index contributed by atoms with van der Waals surface area (Å²) in [6.07, 6.45) is 3.53. The van der Waals surface area contributed by atoms with Crippen molar-refractivity contribution in [2.24, 2.45) is 5.92 Å². The van der Waals surface area contributed by atoms with Crippen LogP contribution < -0.4 is 4.65 Å². The molecule has 182 valence electrons. The van der Waals surface area contributed by atoms with Crippen molar-refractivity contribution >= 4 is 34.9 Å². The zero-order valence-electron chi connectivity index (χ0n) is 18.8. The number of hydrogen-bond acceptors (Lipinski definition) is 5. The van der Waals surface area contributed by atoms with E-state index < -0.39 is 10.6 Å². The van der Waals surface area contributed by atoms with Gasteiger partial charge in [0.2, 0.25) is 0 Å². The third-order valence-corrected chi connectivity index (χ3v) is 8.29. The minimum atomic E-state index is -0.998. The lowest BCUT2D eigenvalue weighted by atomic mass is 10.0. The molecule has 3 aliphatic rings. The van der Waals surface area contributed by atoms with Gasteiger partial charge in [-0.1, -0.05) is 34.4 Å². The predicted octanol–water partition coefficient (Wildman–Crippen LogP) is 6.41. The molecule has 1 aliphatic heterocycles. The first-order chi connectivity index (χ1) is 16.8. The zero-order valence-corrected chi connectivity index (χ0v) is 20.3. The smallest absolute Gasteiger partial charge is 0.335 e. The Balaban J connectivity index is 1.20. The van der Waals surface area contributed by atoms with Crippen molar-refractivity contribution in [3.63, 3.8) is 0 Å². The molecule has 0 radical (unpaired) electrons. The SMILES string of the molecule is O=C(O)c1ccc([N+]2([O-])C[C@@H]3C[C@H]2C[C@H]3OCc2c(-c3c(Cl)cccc3Cl)noc2C2CC2)cc1. The van der Waals surface area contributed by atoms with Gasteiger partial charge in [-0.25, -0.2) is 4.79 Å². The van der Waals surface area contributed by atoms with Crippen molar-refractivity contribution in [2.45, 2.75) is 50.4 Å². The second-order valence-corrected chi connectivity index (χ2v) is 10.6. The summed E-state index contributed by atoms with van der Waals surface area (Å²) < 4.78 is 11.7. The largest absolute Gasteiger partial charge is 0.627 e. The monoisotopic (exact) mass is 514 g/mol. The van der Waals surface area contributed by atoms with Crippen LogP contribution in [0.1, 0.15) is 53.3 Å². The van der Waals surface area contributed by atoms with Gasteiger partial charge in [0.15, 0.2) is 0 Å². The normalized spacial score (nSPS) is 27.5. The minimum Gasteiger partial charge on any atom is -0.627 e. The van der Waals surface area contributed by atoms with E-state index in [0.29, 0.717) is 52.5 Å². The molecule has 2 bridgehead atoms. The molecule has 6 rings (SSSR count). The molecule has 7 nitrogen and oxygen atoms in total. The van der Waals surface area contributed by atoms with Crippen LogP contribution in [0.25, 0.3) is 11.3 Å². The Morgan fingerprint density at radius 2 is 1.86 bits per heavy atom. The molecule has 2 aliphatic carbocycles. The van der Waals surface area contributed by atoms with E-state index in [4.69, 9.17) is 37.6 Å². The predicted molar refractivity (Wildman–Crippen MR) is 132 cm³/mol. The Bertz CT molecular complexity index is 1270. The lowest BCUT2D eigenvalue weighted by Gasteiger charge is -2.47. The van der Waals surface area contributed by atoms with Gasteiger partial charge in [-0.3, -0.25) is 0 Å². The van der Waals surface area contributed by atoms with E-state index in [2.05, 4.69) is 5.16 Å². The second kappa shape index (κ2) is 8.61. The maximum absolute atomic E-state index is 13.7. The average molecular weight is 515 g/mol. The number of fused-ring (bicyclic) bond motifs is 2. The van der Waals surface area contributed by atoms with Crippen LogP contribution in [-0.4, -0.2) is 34.9 Å². The van der Waals surface area contributed by atoms with E-state index in [1.165, 1.54) is 12.1 Å². The fourth-order valence-electron chi connectivity index (χ4n) is 5.70. The Morgan fingerprint density at radius 3 is 2.46 bits per heavy atom. The summed E-state index contributed by atoms with van der Waals surface area (Å²) in [6, 6.07) is 11.5. The molecule has 2 heterocycles. The first kappa shape index (κ1) is 23.0. The summed E-state index contributed by atoms with van der Waals surface area (Å²) >= 11 is 12.9. The third kappa shape index (κ3) is 3.96. The van der Waals surface area contributed by atoms with Crippen LogP contribution >= 0.6 is 23.2 Å². The molecule has 2 aromatic carbocycles. The summed E-state index contributed by atoms with van der Waals surface area (Å²) in [5, 5.41) is 28.2. The molecule has 1 saturated heterocycles. The molecule has 9 heteroatoms. The summed E-state index contributed by atoms with van der Waals surface area (Å²) in [7, 11) is 0. The van der Waals surface area contributed by atoms with E-state index in [0.717, 1.165) is 30.6 Å². The van der Waals surface area contributed by atoms with Crippen molar-refractivity contribution in [1.82, 2.24) is 9.80 Å². The number of piperidine rings is 1. The molecule has 3 aromatic rings. The summed E-state index contributed by atoms with van der Waals surface area (Å²) in [6.45, 7) is 0.746. The lowest BCUT2D eigenvalue weighted by Crippen LogP contribution is -2.52. The number of halogens is 2. The van der Waals surface area contributed by atoms with Gasteiger partial charge in [0, 0.05) is 47.9 Å². The fourth-order valence-corrected chi connectivity index (χ4v) is 6.28. The molecule has 2 saturated carbocycles. The molecule has 0 spiro atoms. The van der Waals surface area contributed by atoms with Gasteiger partial charge in [0.1, 0.15) is 17.1 Å². The number of ether oxygens (including phenoxy) is 1. The zero-order chi connectivity index (χ0) is 24.3. The van der Waals surface area contributed by atoms with Gasteiger partial charge in [0.25, 0.3) is 0 Å². The number of nitrogens with zero attached hydrogens (tertiary/aromatic N) is 2. The van der Waals surface area contributed by atoms with Crippen LogP contribution in [0.3, 0.4) is 0 Å². The van der Waals surface area contributed by atoms with Crippen molar-refractivity contribution in [1.29, 1.82) is 0 Å². The van der Waals surface area contributed by atoms with Gasteiger partial charge in [-0.15, -0.1) is 0 Å². The minimum absolute atomic E-state index is 0.0324. The van der Waals surface area contributed by atoms with E-state index in [9.17, 15) is 10.0 Å². The Labute approximate surface area is 212 Å². The van der Waals surface area contributed by atoms with E-state index in [1.54, 1.807) is 30.3 Å². The summed E-state index contributed by atoms with van der Waals surface area (Å²) in [4.78, 5) is 11.1. The van der Waals surface area contributed by atoms with Crippen LogP contribution in [-0.2, 0) is 11.3 Å². The van der Waals surface area contributed by atoms with Gasteiger partial charge < -0.3 is 24.2 Å². The van der Waals surface area contributed by atoms with Crippen LogP contribution in [0.15, 0.2) is 47.0 Å². The van der Waals surface area contributed by atoms with Crippen molar-refractivity contribution in [2.75, 3.05) is 6.54 Å². The highest BCUT2D eigenvalue weighted by Crippen LogP contribution is 2.49. The number of carbonyl (C=O) groups is 1. The molecular weight excluding hydrogens is 491 g/mol. The Morgan fingerprint density at radius 1 is 1.14 bits per heavy atom. The molecule has 1 unspecified atom stereocenters. The number of aromatic nitrogens is 1. The van der Waals surface area contributed by atoms with Crippen LogP contribution in [0, 0.1) is 11.1 Å². The molecule has 35 heavy (non-hydrogen) atoms. The van der Waals surface area contributed by atoms with Crippen molar-refractivity contribution in [3.05, 3.63) is 74.6 Å².